The molecule has 7 nitrogen and oxygen atoms in total. The van der Waals surface area contributed by atoms with E-state index in [9.17, 15) is 9.90 Å². The average Bonchev–Trinajstić information content (AvgIpc) is 3.30. The highest BCUT2D eigenvalue weighted by Gasteiger charge is 2.59. The van der Waals surface area contributed by atoms with Gasteiger partial charge < -0.3 is 28.8 Å². The first-order valence-electron chi connectivity index (χ1n) is 11.7. The maximum absolute atomic E-state index is 12.1. The molecule has 1 aliphatic heterocycles. The first-order valence-corrected chi connectivity index (χ1v) is 11.7. The van der Waals surface area contributed by atoms with Crippen LogP contribution in [0.3, 0.4) is 0 Å². The third kappa shape index (κ3) is 5.55. The van der Waals surface area contributed by atoms with Crippen LogP contribution in [0.2, 0.25) is 0 Å². The summed E-state index contributed by atoms with van der Waals surface area (Å²) >= 11 is 0. The molecule has 2 fully saturated rings. The highest BCUT2D eigenvalue weighted by Crippen LogP contribution is 2.36. The van der Waals surface area contributed by atoms with Crippen molar-refractivity contribution in [1.82, 2.24) is 0 Å². The van der Waals surface area contributed by atoms with Gasteiger partial charge in [0, 0.05) is 0 Å². The van der Waals surface area contributed by atoms with Crippen LogP contribution in [0.15, 0.2) is 91.0 Å². The maximum atomic E-state index is 12.1. The molecule has 3 unspecified atom stereocenters. The molecule has 3 aromatic rings. The second-order valence-corrected chi connectivity index (χ2v) is 8.69. The molecule has 2 aliphatic rings. The third-order valence-electron chi connectivity index (χ3n) is 6.29. The number of carbonyl (C=O) groups is 1. The van der Waals surface area contributed by atoms with Crippen molar-refractivity contribution < 1.29 is 33.6 Å². The number of benzene rings is 3. The molecular weight excluding hydrogens is 448 g/mol. The van der Waals surface area contributed by atoms with E-state index in [0.29, 0.717) is 0 Å². The quantitative estimate of drug-likeness (QED) is 0.467. The van der Waals surface area contributed by atoms with E-state index in [2.05, 4.69) is 0 Å². The van der Waals surface area contributed by atoms with Gasteiger partial charge in [-0.15, -0.1) is 0 Å². The molecule has 0 amide bonds. The number of hydrogen-bond donors (Lipinski definition) is 1. The molecule has 6 atom stereocenters. The Morgan fingerprint density at radius 1 is 0.571 bits per heavy atom. The number of hydrogen-bond acceptors (Lipinski definition) is 7. The van der Waals surface area contributed by atoms with Gasteiger partial charge in [0.1, 0.15) is 24.4 Å². The summed E-state index contributed by atoms with van der Waals surface area (Å²) in [6, 6.07) is 29.1. The zero-order valence-corrected chi connectivity index (χ0v) is 19.1. The Morgan fingerprint density at radius 3 is 1.46 bits per heavy atom. The topological polar surface area (TPSA) is 83.5 Å². The highest BCUT2D eigenvalue weighted by atomic mass is 16.8. The summed E-state index contributed by atoms with van der Waals surface area (Å²) in [7, 11) is 0. The Kier molecular flexibility index (Phi) is 7.39. The average molecular weight is 477 g/mol. The molecule has 3 aromatic carbocycles. The van der Waals surface area contributed by atoms with Gasteiger partial charge in [0.15, 0.2) is 12.2 Å². The summed E-state index contributed by atoms with van der Waals surface area (Å²) in [6.07, 6.45) is -5.95. The van der Waals surface area contributed by atoms with Crippen molar-refractivity contribution >= 4 is 6.16 Å². The number of rotatable bonds is 9. The normalized spacial score (nSPS) is 27.6. The van der Waals surface area contributed by atoms with E-state index in [1.165, 1.54) is 0 Å². The fourth-order valence-corrected chi connectivity index (χ4v) is 4.53. The highest BCUT2D eigenvalue weighted by molar-refractivity contribution is 5.63. The van der Waals surface area contributed by atoms with Crippen molar-refractivity contribution in [3.05, 3.63) is 108 Å². The predicted octanol–water partition coefficient (Wildman–Crippen LogP) is 4.02. The fraction of sp³-hybridized carbons (Fsp3) is 0.321. The number of carbonyl (C=O) groups excluding carboxylic acids is 1. The minimum absolute atomic E-state index is 0.255. The largest absolute Gasteiger partial charge is 0.509 e. The lowest BCUT2D eigenvalue weighted by Crippen LogP contribution is -2.64. The summed E-state index contributed by atoms with van der Waals surface area (Å²) in [6.45, 7) is 0.811. The first kappa shape index (κ1) is 23.5. The summed E-state index contributed by atoms with van der Waals surface area (Å²) in [5, 5.41) is 11.2. The summed E-state index contributed by atoms with van der Waals surface area (Å²) in [5.74, 6) is 0. The zero-order valence-electron chi connectivity index (χ0n) is 19.1. The smallest absolute Gasteiger partial charge is 0.424 e. The molecule has 0 spiro atoms. The molecule has 0 bridgehead atoms. The minimum Gasteiger partial charge on any atom is -0.424 e. The molecular formula is C28H28O7. The van der Waals surface area contributed by atoms with Gasteiger partial charge in [-0.05, 0) is 16.7 Å². The van der Waals surface area contributed by atoms with Crippen LogP contribution in [0.5, 0.6) is 0 Å². The standard InChI is InChI=1S/C28H28O7/c29-22-23(31-16-19-10-4-1-5-11-19)25(32-17-20-12-6-2-7-13-20)26(27-24(22)34-28(30)35-27)33-18-21-14-8-3-9-15-21/h1-15,22-27,29H,16-18H2/t22-,23-,24?,25?,26?,27-/m0/s1. The van der Waals surface area contributed by atoms with Crippen LogP contribution in [-0.2, 0) is 43.5 Å². The van der Waals surface area contributed by atoms with Gasteiger partial charge >= 0.3 is 6.16 Å². The van der Waals surface area contributed by atoms with Gasteiger partial charge in [0.25, 0.3) is 0 Å². The Morgan fingerprint density at radius 2 is 0.971 bits per heavy atom. The third-order valence-corrected chi connectivity index (χ3v) is 6.29. The van der Waals surface area contributed by atoms with Gasteiger partial charge in [-0.2, -0.15) is 0 Å². The lowest BCUT2D eigenvalue weighted by Gasteiger charge is -2.44. The Balaban J connectivity index is 1.41. The minimum atomic E-state index is -1.15. The molecule has 0 aromatic heterocycles. The second-order valence-electron chi connectivity index (χ2n) is 8.69. The molecule has 1 saturated heterocycles. The van der Waals surface area contributed by atoms with E-state index < -0.39 is 42.8 Å². The van der Waals surface area contributed by atoms with Crippen molar-refractivity contribution in [3.8, 4) is 0 Å². The molecule has 5 rings (SSSR count). The lowest BCUT2D eigenvalue weighted by atomic mass is 9.84. The van der Waals surface area contributed by atoms with Gasteiger partial charge in [-0.25, -0.2) is 4.79 Å². The van der Waals surface area contributed by atoms with Crippen LogP contribution in [0, 0.1) is 0 Å². The van der Waals surface area contributed by atoms with Crippen LogP contribution >= 0.6 is 0 Å². The van der Waals surface area contributed by atoms with Crippen molar-refractivity contribution in [3.63, 3.8) is 0 Å². The zero-order chi connectivity index (χ0) is 24.0. The maximum Gasteiger partial charge on any atom is 0.509 e. The van der Waals surface area contributed by atoms with Crippen molar-refractivity contribution in [1.29, 1.82) is 0 Å². The van der Waals surface area contributed by atoms with Gasteiger partial charge in [0.05, 0.1) is 19.8 Å². The predicted molar refractivity (Wildman–Crippen MR) is 126 cm³/mol. The first-order chi connectivity index (χ1) is 17.2. The molecule has 1 N–H and O–H groups in total. The molecule has 1 saturated carbocycles. The second kappa shape index (κ2) is 11.0. The van der Waals surface area contributed by atoms with Crippen LogP contribution < -0.4 is 0 Å². The van der Waals surface area contributed by atoms with E-state index in [1.54, 1.807) is 0 Å². The summed E-state index contributed by atoms with van der Waals surface area (Å²) < 4.78 is 29.6. The lowest BCUT2D eigenvalue weighted by molar-refractivity contribution is -0.241. The molecule has 1 aliphatic carbocycles. The van der Waals surface area contributed by atoms with Crippen LogP contribution in [0.1, 0.15) is 16.7 Å². The van der Waals surface area contributed by atoms with Crippen molar-refractivity contribution in [2.45, 2.75) is 56.4 Å². The Bertz CT molecular complexity index is 1080. The molecule has 1 heterocycles. The van der Waals surface area contributed by atoms with E-state index in [1.807, 2.05) is 91.0 Å². The number of aliphatic hydroxyl groups is 1. The summed E-state index contributed by atoms with van der Waals surface area (Å²) in [5.41, 5.74) is 2.88. The van der Waals surface area contributed by atoms with E-state index in [0.717, 1.165) is 16.7 Å². The molecule has 182 valence electrons. The van der Waals surface area contributed by atoms with Crippen LogP contribution in [0.25, 0.3) is 0 Å². The number of ether oxygens (including phenoxy) is 5. The van der Waals surface area contributed by atoms with Crippen molar-refractivity contribution in [2.75, 3.05) is 0 Å². The summed E-state index contributed by atoms with van der Waals surface area (Å²) in [4.78, 5) is 12.1. The fourth-order valence-electron chi connectivity index (χ4n) is 4.53. The number of aliphatic hydroxyl groups excluding tert-OH is 1. The number of fused-ring (bicyclic) bond motifs is 1. The monoisotopic (exact) mass is 476 g/mol. The van der Waals surface area contributed by atoms with Crippen molar-refractivity contribution in [2.24, 2.45) is 0 Å². The van der Waals surface area contributed by atoms with Crippen LogP contribution in [0.4, 0.5) is 4.79 Å². The van der Waals surface area contributed by atoms with Crippen LogP contribution in [-0.4, -0.2) is 47.9 Å². The van der Waals surface area contributed by atoms with Gasteiger partial charge in [-0.1, -0.05) is 91.0 Å². The molecule has 7 heteroatoms. The van der Waals surface area contributed by atoms with Gasteiger partial charge in [0.2, 0.25) is 0 Å². The Labute approximate surface area is 204 Å². The van der Waals surface area contributed by atoms with E-state index >= 15 is 0 Å². The van der Waals surface area contributed by atoms with E-state index in [4.69, 9.17) is 23.7 Å². The molecule has 0 radical (unpaired) electrons. The Hall–Kier alpha value is -3.23. The molecule has 35 heavy (non-hydrogen) atoms. The van der Waals surface area contributed by atoms with E-state index in [-0.39, 0.29) is 19.8 Å². The van der Waals surface area contributed by atoms with Gasteiger partial charge in [-0.3, -0.25) is 0 Å². The SMILES string of the molecule is O=C1OC2[C@H](O1)C(OCc1ccccc1)C(OCc1ccccc1)[C@@H](OCc1ccccc1)[C@@H]2O.